The van der Waals surface area contributed by atoms with Gasteiger partial charge in [-0.25, -0.2) is 4.79 Å². The minimum absolute atomic E-state index is 0.0345. The van der Waals surface area contributed by atoms with Crippen LogP contribution in [-0.2, 0) is 36.3 Å². The molecule has 6 atom stereocenters. The number of aromatic nitrogens is 5. The Morgan fingerprint density at radius 1 is 0.942 bits per heavy atom. The molecule has 21 heteroatoms. The molecule has 2 unspecified atom stereocenters. The van der Waals surface area contributed by atoms with Crippen LogP contribution in [0.3, 0.4) is 0 Å². The average molecular weight is 1110 g/mol. The molecular weight excluding hydrogens is 1050 g/mol. The van der Waals surface area contributed by atoms with E-state index in [1.807, 2.05) is 13.8 Å². The molecule has 0 spiro atoms. The Morgan fingerprint density at radius 3 is 2.26 bits per heavy atom. The SMILES string of the molecule is CCCSc1nc(N(C(=O)OC(C)(C)C)C2CC2c2ccc(I(OS(=O)(=O)c3ccc(C)cc3)c3ccc(OC)cc3)c(F)c2)c2nnn([C@@H]3C[C@H](OC(=O)OC(C)(C)C)[C@H]4OC(C)(C)O[C@H]43)c2n1. The predicted octanol–water partition coefficient (Wildman–Crippen LogP) is 10.1. The molecule has 5 aromatic rings. The number of halogens is 2. The number of hydrogen-bond donors (Lipinski definition) is 0. The number of carbonyl (C=O) groups is 2. The molecule has 2 saturated carbocycles. The summed E-state index contributed by atoms with van der Waals surface area (Å²) in [4.78, 5) is 38.8. The van der Waals surface area contributed by atoms with Gasteiger partial charge in [0, 0.05) is 6.42 Å². The standard InChI is InChI=1S/C48H58FIN6O11S2/c1-12-23-68-43-51-41(38-42(52-43)56(54-53-38)36-26-37(62-45(58)66-47(6,7)8)40-39(36)63-48(9,10)64-40)55(44(57)65-46(3,4)5)35-25-32(35)28-15-22-34(33(49)24-28)50(29-16-18-30(61-11)19-17-29)67-69(59,60)31-20-13-27(2)14-21-31/h13-22,24,32,35-37,39-40H,12,23,25-26H2,1-11H3/t32?,35?,36-,37+,39+,40-/m1/s1. The van der Waals surface area contributed by atoms with Crippen molar-refractivity contribution in [1.82, 2.24) is 25.0 Å². The monoisotopic (exact) mass is 1100 g/mol. The van der Waals surface area contributed by atoms with Crippen molar-refractivity contribution >= 4 is 71.3 Å². The van der Waals surface area contributed by atoms with Gasteiger partial charge in [-0.2, -0.15) is 0 Å². The number of benzene rings is 3. The summed E-state index contributed by atoms with van der Waals surface area (Å²) < 4.78 is 87.9. The number of fused-ring (bicyclic) bond motifs is 2. The number of ether oxygens (including phenoxy) is 6. The number of amides is 1. The molecule has 8 rings (SSSR count). The van der Waals surface area contributed by atoms with Gasteiger partial charge in [-0.15, -0.1) is 0 Å². The number of carbonyl (C=O) groups excluding carboxylic acids is 2. The molecule has 3 aliphatic rings. The Balaban J connectivity index is 1.15. The number of nitrogens with zero attached hydrogens (tertiary/aromatic N) is 6. The number of rotatable bonds is 14. The van der Waals surface area contributed by atoms with Gasteiger partial charge in [-0.1, -0.05) is 6.92 Å². The second-order valence-electron chi connectivity index (χ2n) is 19.5. The van der Waals surface area contributed by atoms with E-state index in [1.54, 1.807) is 109 Å². The van der Waals surface area contributed by atoms with Crippen LogP contribution in [0.2, 0.25) is 0 Å². The molecule has 0 N–H and O–H groups in total. The van der Waals surface area contributed by atoms with Crippen molar-refractivity contribution in [2.75, 3.05) is 17.8 Å². The first-order valence-electron chi connectivity index (χ1n) is 22.6. The quantitative estimate of drug-likeness (QED) is 0.0441. The topological polar surface area (TPSA) is 193 Å². The maximum absolute atomic E-state index is 16.8. The van der Waals surface area contributed by atoms with Crippen LogP contribution in [-0.4, -0.2) is 99.8 Å². The summed E-state index contributed by atoms with van der Waals surface area (Å²) in [7, 11) is -2.78. The van der Waals surface area contributed by atoms with Crippen molar-refractivity contribution in [3.05, 3.63) is 90.8 Å². The zero-order valence-electron chi connectivity index (χ0n) is 40.4. The molecule has 1 aliphatic heterocycles. The molecular formula is C48H58FIN6O11S2. The average Bonchev–Trinajstić information content (AvgIpc) is 3.66. The van der Waals surface area contributed by atoms with Crippen LogP contribution >= 0.6 is 32.0 Å². The molecule has 69 heavy (non-hydrogen) atoms. The summed E-state index contributed by atoms with van der Waals surface area (Å²) >= 11 is -2.10. The van der Waals surface area contributed by atoms with E-state index in [-0.39, 0.29) is 32.1 Å². The van der Waals surface area contributed by atoms with Gasteiger partial charge in [0.25, 0.3) is 0 Å². The Hall–Kier alpha value is -4.68. The molecule has 1 saturated heterocycles. The zero-order chi connectivity index (χ0) is 49.8. The van der Waals surface area contributed by atoms with Crippen LogP contribution in [0.25, 0.3) is 11.2 Å². The Kier molecular flexibility index (Phi) is 14.3. The molecule has 1 amide bonds. The van der Waals surface area contributed by atoms with E-state index in [0.717, 1.165) is 12.0 Å². The third-order valence-electron chi connectivity index (χ3n) is 11.2. The van der Waals surface area contributed by atoms with Gasteiger partial charge in [0.05, 0.1) is 0 Å². The normalized spacial score (nSPS) is 22.2. The van der Waals surface area contributed by atoms with Crippen LogP contribution in [0.1, 0.15) is 105 Å². The van der Waals surface area contributed by atoms with Crippen molar-refractivity contribution in [2.24, 2.45) is 0 Å². The minimum atomic E-state index is -4.30. The third-order valence-corrected chi connectivity index (χ3v) is 19.7. The molecule has 17 nitrogen and oxygen atoms in total. The van der Waals surface area contributed by atoms with Gasteiger partial charge >= 0.3 is 308 Å². The molecule has 0 radical (unpaired) electrons. The van der Waals surface area contributed by atoms with E-state index in [4.69, 9.17) is 40.9 Å². The summed E-state index contributed by atoms with van der Waals surface area (Å²) in [6.07, 6.45) is -2.15. The van der Waals surface area contributed by atoms with E-state index in [9.17, 15) is 18.0 Å². The fourth-order valence-corrected chi connectivity index (χ4v) is 15.8. The van der Waals surface area contributed by atoms with Crippen molar-refractivity contribution in [3.8, 4) is 5.75 Å². The maximum atomic E-state index is 16.8. The van der Waals surface area contributed by atoms with E-state index in [0.29, 0.717) is 37.9 Å². The number of methoxy groups -OCH3 is 1. The van der Waals surface area contributed by atoms with Gasteiger partial charge in [0.1, 0.15) is 23.9 Å². The number of thioether (sulfide) groups is 1. The zero-order valence-corrected chi connectivity index (χ0v) is 44.2. The fourth-order valence-electron chi connectivity index (χ4n) is 8.20. The molecule has 2 aromatic heterocycles. The van der Waals surface area contributed by atoms with Crippen LogP contribution in [0, 0.1) is 19.9 Å². The second-order valence-corrected chi connectivity index (χ2v) is 27.0. The predicted molar refractivity (Wildman–Crippen MR) is 263 cm³/mol. The van der Waals surface area contributed by atoms with Crippen molar-refractivity contribution < 1.29 is 53.3 Å². The third kappa shape index (κ3) is 11.4. The van der Waals surface area contributed by atoms with Gasteiger partial charge in [-0.05, 0) is 41.0 Å². The Bertz CT molecular complexity index is 2820. The van der Waals surface area contributed by atoms with E-state index < -0.39 is 95.8 Å². The number of hydrogen-bond acceptors (Lipinski definition) is 16. The molecule has 2 aliphatic carbocycles. The molecule has 372 valence electrons. The van der Waals surface area contributed by atoms with Gasteiger partial charge in [-0.3, -0.25) is 0 Å². The molecule has 3 aromatic carbocycles. The van der Waals surface area contributed by atoms with Gasteiger partial charge < -0.3 is 18.9 Å². The first kappa shape index (κ1) is 50.7. The van der Waals surface area contributed by atoms with Gasteiger partial charge in [0.2, 0.25) is 0 Å². The molecule has 0 bridgehead atoms. The van der Waals surface area contributed by atoms with Crippen LogP contribution in [0.15, 0.2) is 76.8 Å². The van der Waals surface area contributed by atoms with Crippen molar-refractivity contribution in [2.45, 2.75) is 152 Å². The number of aryl methyl sites for hydroxylation is 1. The van der Waals surface area contributed by atoms with Crippen molar-refractivity contribution in [3.63, 3.8) is 0 Å². The van der Waals surface area contributed by atoms with Crippen LogP contribution in [0.5, 0.6) is 5.75 Å². The van der Waals surface area contributed by atoms with E-state index in [2.05, 4.69) is 10.3 Å². The molecule has 3 fully saturated rings. The second kappa shape index (κ2) is 19.5. The Labute approximate surface area is 413 Å². The van der Waals surface area contributed by atoms with E-state index >= 15 is 4.39 Å². The number of anilines is 1. The summed E-state index contributed by atoms with van der Waals surface area (Å²) in [6, 6.07) is 16.6. The van der Waals surface area contributed by atoms with Crippen LogP contribution in [0.4, 0.5) is 19.8 Å². The first-order chi connectivity index (χ1) is 32.4. The van der Waals surface area contributed by atoms with E-state index in [1.165, 1.54) is 42.0 Å². The van der Waals surface area contributed by atoms with Gasteiger partial charge in [0.15, 0.2) is 5.79 Å². The summed E-state index contributed by atoms with van der Waals surface area (Å²) in [5.41, 5.74) is 0.272. The molecule has 3 heterocycles. The fraction of sp³-hybridized carbons (Fsp3) is 0.500. The first-order valence-corrected chi connectivity index (χ1v) is 28.1. The summed E-state index contributed by atoms with van der Waals surface area (Å²) in [5, 5.41) is 9.55. The summed E-state index contributed by atoms with van der Waals surface area (Å²) in [6.45, 7) is 18.0. The van der Waals surface area contributed by atoms with Crippen LogP contribution < -0.4 is 9.64 Å². The Morgan fingerprint density at radius 2 is 1.62 bits per heavy atom. The van der Waals surface area contributed by atoms with Crippen molar-refractivity contribution in [1.29, 1.82) is 0 Å². The summed E-state index contributed by atoms with van der Waals surface area (Å²) in [5.74, 6) is -0.670.